The van der Waals surface area contributed by atoms with E-state index in [4.69, 9.17) is 29.0 Å². The Morgan fingerprint density at radius 3 is 2.58 bits per heavy atom. The summed E-state index contributed by atoms with van der Waals surface area (Å²) in [6.07, 6.45) is 1.32. The highest BCUT2D eigenvalue weighted by Crippen LogP contribution is 2.47. The Balaban J connectivity index is 1.33. The highest BCUT2D eigenvalue weighted by Gasteiger charge is 2.34. The van der Waals surface area contributed by atoms with E-state index in [1.807, 2.05) is 25.1 Å². The van der Waals surface area contributed by atoms with Gasteiger partial charge in [0, 0.05) is 30.2 Å². The van der Waals surface area contributed by atoms with Crippen LogP contribution in [0.2, 0.25) is 0 Å². The number of carbonyl (C=O) groups is 1. The standard InChI is InChI=1S/C32H35F2N6O7P/c1-19(40-18-36-28-29(40)37-32(35)38-30(28)44-4)14-24(43-3)17-46-48(42,47-27-11-7-9-21-8-5-6-10-25(21)27)39-20(2)31(41)45-16-22-12-13-23(33)15-26(22)34/h5-13,15,18-20,24H,14,16-17H2,1-4H3,(H,39,42)(H2,35,37,38). The van der Waals surface area contributed by atoms with Gasteiger partial charge in [0.15, 0.2) is 11.2 Å². The van der Waals surface area contributed by atoms with Crippen molar-refractivity contribution in [2.45, 2.75) is 45.1 Å². The van der Waals surface area contributed by atoms with Gasteiger partial charge in [0.1, 0.15) is 30.0 Å². The number of nitrogens with two attached hydrogens (primary N) is 1. The minimum Gasteiger partial charge on any atom is -0.479 e. The monoisotopic (exact) mass is 684 g/mol. The molecule has 5 rings (SSSR count). The Morgan fingerprint density at radius 1 is 1.06 bits per heavy atom. The van der Waals surface area contributed by atoms with Crippen LogP contribution in [0.3, 0.4) is 0 Å². The van der Waals surface area contributed by atoms with Crippen LogP contribution in [0.15, 0.2) is 67.0 Å². The number of benzene rings is 3. The SMILES string of the molecule is COc1nc(N)nc2c1ncn2C(C)CC(COP(=O)(NC(C)C(=O)OCc1ccc(F)cc1F)Oc1cccc2ccccc12)OC. The van der Waals surface area contributed by atoms with Crippen molar-refractivity contribution in [2.75, 3.05) is 26.6 Å². The lowest BCUT2D eigenvalue weighted by molar-refractivity contribution is -0.146. The van der Waals surface area contributed by atoms with Gasteiger partial charge in [-0.2, -0.15) is 15.1 Å². The van der Waals surface area contributed by atoms with Crippen molar-refractivity contribution in [3.8, 4) is 11.6 Å². The number of nitrogens with one attached hydrogen (secondary N) is 1. The van der Waals surface area contributed by atoms with Crippen molar-refractivity contribution in [3.05, 3.63) is 84.2 Å². The third-order valence-electron chi connectivity index (χ3n) is 7.50. The largest absolute Gasteiger partial charge is 0.479 e. The molecule has 4 atom stereocenters. The smallest absolute Gasteiger partial charge is 0.459 e. The fourth-order valence-electron chi connectivity index (χ4n) is 4.98. The molecule has 4 unspecified atom stereocenters. The number of nitrogens with zero attached hydrogens (tertiary/aromatic N) is 4. The van der Waals surface area contributed by atoms with E-state index < -0.39 is 44.1 Å². The van der Waals surface area contributed by atoms with Crippen molar-refractivity contribution in [1.82, 2.24) is 24.6 Å². The lowest BCUT2D eigenvalue weighted by atomic mass is 10.1. The van der Waals surface area contributed by atoms with Gasteiger partial charge in [-0.15, -0.1) is 0 Å². The first-order valence-electron chi connectivity index (χ1n) is 14.9. The summed E-state index contributed by atoms with van der Waals surface area (Å²) in [5, 5.41) is 4.12. The fraction of sp³-hybridized carbons (Fsp3) is 0.312. The van der Waals surface area contributed by atoms with Crippen molar-refractivity contribution in [3.63, 3.8) is 0 Å². The maximum absolute atomic E-state index is 14.3. The molecule has 0 radical (unpaired) electrons. The number of fused-ring (bicyclic) bond motifs is 2. The second kappa shape index (κ2) is 15.0. The molecule has 2 heterocycles. The number of carbonyl (C=O) groups excluding carboxylic acids is 1. The first-order valence-corrected chi connectivity index (χ1v) is 16.4. The molecule has 0 aliphatic heterocycles. The molecule has 0 aliphatic rings. The molecule has 0 spiro atoms. The van der Waals surface area contributed by atoms with E-state index >= 15 is 0 Å². The maximum atomic E-state index is 14.3. The van der Waals surface area contributed by atoms with Crippen LogP contribution in [-0.2, 0) is 30.0 Å². The first kappa shape index (κ1) is 34.6. The van der Waals surface area contributed by atoms with E-state index in [9.17, 15) is 18.1 Å². The van der Waals surface area contributed by atoms with Crippen LogP contribution in [-0.4, -0.2) is 58.5 Å². The zero-order valence-electron chi connectivity index (χ0n) is 26.6. The number of nitrogen functional groups attached to an aromatic ring is 1. The predicted molar refractivity (Wildman–Crippen MR) is 173 cm³/mol. The molecule has 0 aliphatic carbocycles. The number of hydrogen-bond acceptors (Lipinski definition) is 11. The van der Waals surface area contributed by atoms with Gasteiger partial charge in [0.05, 0.1) is 26.1 Å². The molecule has 0 fully saturated rings. The van der Waals surface area contributed by atoms with E-state index in [-0.39, 0.29) is 35.8 Å². The van der Waals surface area contributed by atoms with Crippen LogP contribution in [0.5, 0.6) is 11.6 Å². The average Bonchev–Trinajstić information content (AvgIpc) is 3.49. The lowest BCUT2D eigenvalue weighted by Crippen LogP contribution is -2.36. The molecular weight excluding hydrogens is 649 g/mol. The summed E-state index contributed by atoms with van der Waals surface area (Å²) in [6.45, 7) is 2.62. The Bertz CT molecular complexity index is 1960. The number of hydrogen-bond donors (Lipinski definition) is 2. The predicted octanol–water partition coefficient (Wildman–Crippen LogP) is 5.74. The first-order chi connectivity index (χ1) is 23.0. The van der Waals surface area contributed by atoms with Gasteiger partial charge in [0.25, 0.3) is 0 Å². The molecule has 0 saturated heterocycles. The van der Waals surface area contributed by atoms with Crippen LogP contribution >= 0.6 is 7.75 Å². The van der Waals surface area contributed by atoms with Crippen LogP contribution < -0.4 is 20.1 Å². The van der Waals surface area contributed by atoms with E-state index in [0.29, 0.717) is 29.0 Å². The minimum absolute atomic E-state index is 0.0213. The van der Waals surface area contributed by atoms with Crippen molar-refractivity contribution < 1.29 is 41.4 Å². The minimum atomic E-state index is -4.32. The van der Waals surface area contributed by atoms with Gasteiger partial charge in [-0.1, -0.05) is 36.4 Å². The maximum Gasteiger partial charge on any atom is 0.459 e. The number of imidazole rings is 1. The molecule has 5 aromatic rings. The van der Waals surface area contributed by atoms with Crippen LogP contribution in [0.25, 0.3) is 21.9 Å². The molecule has 13 nitrogen and oxygen atoms in total. The van der Waals surface area contributed by atoms with Gasteiger partial charge in [-0.25, -0.2) is 18.3 Å². The molecule has 48 heavy (non-hydrogen) atoms. The lowest BCUT2D eigenvalue weighted by Gasteiger charge is -2.26. The topological polar surface area (TPSA) is 162 Å². The van der Waals surface area contributed by atoms with Crippen LogP contribution in [0.4, 0.5) is 14.7 Å². The highest BCUT2D eigenvalue weighted by atomic mass is 31.2. The second-order valence-electron chi connectivity index (χ2n) is 10.9. The normalized spacial score (nSPS) is 14.7. The Kier molecular flexibility index (Phi) is 10.8. The number of esters is 1. The summed E-state index contributed by atoms with van der Waals surface area (Å²) in [5.74, 6) is -1.99. The third-order valence-corrected chi connectivity index (χ3v) is 9.13. The quantitative estimate of drug-likeness (QED) is 0.102. The molecule has 0 bridgehead atoms. The fourth-order valence-corrected chi connectivity index (χ4v) is 6.52. The second-order valence-corrected chi connectivity index (χ2v) is 12.6. The van der Waals surface area contributed by atoms with Gasteiger partial charge >= 0.3 is 13.7 Å². The number of methoxy groups -OCH3 is 2. The number of anilines is 1. The molecule has 0 saturated carbocycles. The molecule has 254 valence electrons. The average molecular weight is 685 g/mol. The summed E-state index contributed by atoms with van der Waals surface area (Å²) in [7, 11) is -1.38. The number of halogens is 2. The van der Waals surface area contributed by atoms with Gasteiger partial charge in [-0.3, -0.25) is 9.32 Å². The van der Waals surface area contributed by atoms with Gasteiger partial charge in [0.2, 0.25) is 11.8 Å². The number of ether oxygens (including phenoxy) is 3. The van der Waals surface area contributed by atoms with Crippen molar-refractivity contribution in [2.24, 2.45) is 0 Å². The molecule has 3 N–H and O–H groups in total. The Labute approximate surface area is 274 Å². The summed E-state index contributed by atoms with van der Waals surface area (Å²) in [4.78, 5) is 25.6. The summed E-state index contributed by atoms with van der Waals surface area (Å²) in [6, 6.07) is 14.0. The molecule has 16 heteroatoms. The van der Waals surface area contributed by atoms with E-state index in [1.54, 1.807) is 35.2 Å². The highest BCUT2D eigenvalue weighted by molar-refractivity contribution is 7.52. The van der Waals surface area contributed by atoms with E-state index in [0.717, 1.165) is 11.5 Å². The zero-order valence-corrected chi connectivity index (χ0v) is 27.5. The summed E-state index contributed by atoms with van der Waals surface area (Å²) >= 11 is 0. The van der Waals surface area contributed by atoms with E-state index in [1.165, 1.54) is 27.2 Å². The Hall–Kier alpha value is -4.69. The zero-order chi connectivity index (χ0) is 34.4. The summed E-state index contributed by atoms with van der Waals surface area (Å²) < 4.78 is 71.6. The van der Waals surface area contributed by atoms with Gasteiger partial charge in [-0.05, 0) is 43.9 Å². The third kappa shape index (κ3) is 8.05. The molecular formula is C32H35F2N6O7P. The molecule has 2 aromatic heterocycles. The van der Waals surface area contributed by atoms with E-state index in [2.05, 4.69) is 20.0 Å². The number of aromatic nitrogens is 4. The Morgan fingerprint density at radius 2 is 1.83 bits per heavy atom. The molecule has 0 amide bonds. The summed E-state index contributed by atoms with van der Waals surface area (Å²) in [5.41, 5.74) is 6.73. The van der Waals surface area contributed by atoms with Gasteiger partial charge < -0.3 is 29.0 Å². The molecule has 3 aromatic carbocycles. The number of rotatable bonds is 15. The van der Waals surface area contributed by atoms with Crippen LogP contribution in [0.1, 0.15) is 31.9 Å². The van der Waals surface area contributed by atoms with Crippen LogP contribution in [0, 0.1) is 11.6 Å². The van der Waals surface area contributed by atoms with Crippen molar-refractivity contribution >= 4 is 41.6 Å². The van der Waals surface area contributed by atoms with Crippen molar-refractivity contribution in [1.29, 1.82) is 0 Å².